The van der Waals surface area contributed by atoms with Crippen LogP contribution in [0.25, 0.3) is 33.4 Å². The number of aryl methyl sites for hydroxylation is 2. The van der Waals surface area contributed by atoms with Crippen molar-refractivity contribution in [2.45, 2.75) is 13.3 Å². The number of carbonyl (C=O) groups excluding carboxylic acids is 1. The Morgan fingerprint density at radius 2 is 2.03 bits per heavy atom. The van der Waals surface area contributed by atoms with E-state index in [1.54, 1.807) is 29.2 Å². The lowest BCUT2D eigenvalue weighted by molar-refractivity contribution is 0.0996. The molecule has 0 aliphatic rings. The number of hydrogen-bond donors (Lipinski definition) is 3. The predicted molar refractivity (Wildman–Crippen MR) is 130 cm³/mol. The number of anilines is 1. The van der Waals surface area contributed by atoms with Gasteiger partial charge in [0.1, 0.15) is 0 Å². The zero-order valence-corrected chi connectivity index (χ0v) is 19.2. The molecule has 176 valence electrons. The number of ether oxygens (including phenoxy) is 1. The number of nitrogens with zero attached hydrogens (tertiary/aromatic N) is 6. The number of benzene rings is 1. The van der Waals surface area contributed by atoms with Crippen molar-refractivity contribution in [2.75, 3.05) is 12.3 Å². The van der Waals surface area contributed by atoms with E-state index in [-0.39, 0.29) is 17.4 Å². The number of nitrogen functional groups attached to an aromatic ring is 1. The fourth-order valence-corrected chi connectivity index (χ4v) is 3.96. The molecule has 5 rings (SSSR count). The standard InChI is InChI=1S/C24H23N9O2/c1-13-3-4-17-16(12-28-31-17)20(13)15-11-19(29-22(21(15)25)23(26)34)18-5-8-27-24(30-18)35-10-7-14-6-9-33(2)32-14/h3-6,8-9,11-12H,7,10,25H2,1-2H3,(H2,26,34)(H,28,31). The molecule has 4 aromatic heterocycles. The molecule has 0 saturated carbocycles. The van der Waals surface area contributed by atoms with Crippen molar-refractivity contribution in [3.8, 4) is 28.5 Å². The second kappa shape index (κ2) is 8.86. The molecule has 0 bridgehead atoms. The summed E-state index contributed by atoms with van der Waals surface area (Å²) in [6.07, 6.45) is 5.78. The normalized spacial score (nSPS) is 11.1. The minimum absolute atomic E-state index is 0.0337. The van der Waals surface area contributed by atoms with Crippen LogP contribution in [0, 0.1) is 6.92 Å². The number of pyridine rings is 1. The highest BCUT2D eigenvalue weighted by atomic mass is 16.5. The summed E-state index contributed by atoms with van der Waals surface area (Å²) in [5.41, 5.74) is 17.2. The summed E-state index contributed by atoms with van der Waals surface area (Å²) < 4.78 is 7.47. The van der Waals surface area contributed by atoms with E-state index < -0.39 is 5.91 Å². The third-order valence-electron chi connectivity index (χ3n) is 5.65. The van der Waals surface area contributed by atoms with E-state index in [2.05, 4.69) is 30.2 Å². The molecule has 1 aromatic carbocycles. The van der Waals surface area contributed by atoms with Crippen LogP contribution >= 0.6 is 0 Å². The molecular formula is C24H23N9O2. The van der Waals surface area contributed by atoms with E-state index in [9.17, 15) is 4.79 Å². The lowest BCUT2D eigenvalue weighted by Crippen LogP contribution is -2.17. The summed E-state index contributed by atoms with van der Waals surface area (Å²) in [6.45, 7) is 2.32. The minimum atomic E-state index is -0.733. The van der Waals surface area contributed by atoms with Gasteiger partial charge in [-0.25, -0.2) is 9.97 Å². The first kappa shape index (κ1) is 22.0. The zero-order valence-electron chi connectivity index (χ0n) is 19.2. The van der Waals surface area contributed by atoms with E-state index in [4.69, 9.17) is 16.2 Å². The first-order valence-electron chi connectivity index (χ1n) is 10.9. The molecule has 0 aliphatic carbocycles. The molecule has 0 spiro atoms. The Balaban J connectivity index is 1.53. The number of primary amides is 1. The van der Waals surface area contributed by atoms with Gasteiger partial charge in [0.25, 0.3) is 5.91 Å². The van der Waals surface area contributed by atoms with Gasteiger partial charge < -0.3 is 16.2 Å². The minimum Gasteiger partial charge on any atom is -0.463 e. The summed E-state index contributed by atoms with van der Waals surface area (Å²) in [6, 6.07) is 9.48. The molecule has 5 N–H and O–H groups in total. The van der Waals surface area contributed by atoms with Crippen LogP contribution in [0.15, 0.2) is 48.9 Å². The van der Waals surface area contributed by atoms with Gasteiger partial charge in [0.2, 0.25) is 0 Å². The number of H-pyrrole nitrogens is 1. The lowest BCUT2D eigenvalue weighted by atomic mass is 9.94. The summed E-state index contributed by atoms with van der Waals surface area (Å²) >= 11 is 0. The number of amides is 1. The van der Waals surface area contributed by atoms with Crippen molar-refractivity contribution >= 4 is 22.5 Å². The van der Waals surface area contributed by atoms with Crippen molar-refractivity contribution < 1.29 is 9.53 Å². The van der Waals surface area contributed by atoms with Crippen LogP contribution in [0.5, 0.6) is 6.01 Å². The number of hydrogen-bond acceptors (Lipinski definition) is 8. The zero-order chi connectivity index (χ0) is 24.5. The van der Waals surface area contributed by atoms with Crippen LogP contribution in [0.4, 0.5) is 5.69 Å². The summed E-state index contributed by atoms with van der Waals surface area (Å²) in [7, 11) is 1.86. The molecule has 1 amide bonds. The number of aromatic nitrogens is 7. The first-order valence-corrected chi connectivity index (χ1v) is 10.9. The molecule has 0 radical (unpaired) electrons. The Kier molecular flexibility index (Phi) is 5.57. The Hall–Kier alpha value is -4.80. The number of nitrogens with one attached hydrogen (secondary N) is 1. The number of fused-ring (bicyclic) bond motifs is 1. The van der Waals surface area contributed by atoms with Gasteiger partial charge in [-0.1, -0.05) is 6.07 Å². The van der Waals surface area contributed by atoms with Gasteiger partial charge in [0, 0.05) is 36.8 Å². The summed E-state index contributed by atoms with van der Waals surface area (Å²) in [4.78, 5) is 25.3. The average Bonchev–Trinajstić information content (AvgIpc) is 3.48. The Bertz CT molecular complexity index is 1550. The highest BCUT2D eigenvalue weighted by molar-refractivity contribution is 6.05. The third-order valence-corrected chi connectivity index (χ3v) is 5.65. The third kappa shape index (κ3) is 4.26. The fraction of sp³-hybridized carbons (Fsp3) is 0.167. The Labute approximate surface area is 200 Å². The maximum absolute atomic E-state index is 12.2. The van der Waals surface area contributed by atoms with Gasteiger partial charge in [-0.2, -0.15) is 15.2 Å². The van der Waals surface area contributed by atoms with Crippen LogP contribution in [0.3, 0.4) is 0 Å². The van der Waals surface area contributed by atoms with Gasteiger partial charge in [-0.15, -0.1) is 0 Å². The first-order chi connectivity index (χ1) is 16.9. The van der Waals surface area contributed by atoms with Crippen molar-refractivity contribution in [1.29, 1.82) is 0 Å². The molecule has 0 unspecified atom stereocenters. The van der Waals surface area contributed by atoms with Crippen molar-refractivity contribution in [3.05, 3.63) is 65.9 Å². The van der Waals surface area contributed by atoms with E-state index in [0.29, 0.717) is 30.0 Å². The largest absolute Gasteiger partial charge is 0.463 e. The highest BCUT2D eigenvalue weighted by Gasteiger charge is 2.20. The van der Waals surface area contributed by atoms with Gasteiger partial charge >= 0.3 is 6.01 Å². The van der Waals surface area contributed by atoms with Gasteiger partial charge in [0.05, 0.1) is 41.1 Å². The molecule has 0 fully saturated rings. The van der Waals surface area contributed by atoms with E-state index in [0.717, 1.165) is 27.7 Å². The second-order valence-electron chi connectivity index (χ2n) is 8.07. The van der Waals surface area contributed by atoms with Crippen LogP contribution in [-0.2, 0) is 13.5 Å². The van der Waals surface area contributed by atoms with Crippen molar-refractivity contribution in [2.24, 2.45) is 12.8 Å². The SMILES string of the molecule is Cc1ccc2[nH]ncc2c1-c1cc(-c2ccnc(OCCc3ccn(C)n3)n2)nc(C(N)=O)c1N. The topological polar surface area (TPSA) is 164 Å². The molecule has 0 aliphatic heterocycles. The lowest BCUT2D eigenvalue weighted by Gasteiger charge is -2.15. The molecule has 0 atom stereocenters. The van der Waals surface area contributed by atoms with Crippen molar-refractivity contribution in [3.63, 3.8) is 0 Å². The second-order valence-corrected chi connectivity index (χ2v) is 8.07. The van der Waals surface area contributed by atoms with Gasteiger partial charge in [-0.05, 0) is 42.3 Å². The van der Waals surface area contributed by atoms with Crippen LogP contribution < -0.4 is 16.2 Å². The molecular weight excluding hydrogens is 446 g/mol. The Morgan fingerprint density at radius 3 is 2.80 bits per heavy atom. The van der Waals surface area contributed by atoms with Gasteiger partial charge in [0.15, 0.2) is 5.69 Å². The number of rotatable bonds is 7. The summed E-state index contributed by atoms with van der Waals surface area (Å²) in [5.74, 6) is -0.733. The monoisotopic (exact) mass is 469 g/mol. The van der Waals surface area contributed by atoms with Crippen molar-refractivity contribution in [1.82, 2.24) is 34.9 Å². The highest BCUT2D eigenvalue weighted by Crippen LogP contribution is 2.37. The smallest absolute Gasteiger partial charge is 0.316 e. The van der Waals surface area contributed by atoms with Crippen LogP contribution in [0.1, 0.15) is 21.7 Å². The fourth-order valence-electron chi connectivity index (χ4n) is 3.96. The number of nitrogens with two attached hydrogens (primary N) is 2. The maximum atomic E-state index is 12.2. The number of aromatic amines is 1. The molecule has 11 nitrogen and oxygen atoms in total. The van der Waals surface area contributed by atoms with Gasteiger partial charge in [-0.3, -0.25) is 14.6 Å². The van der Waals surface area contributed by atoms with Crippen LogP contribution in [-0.4, -0.2) is 47.4 Å². The predicted octanol–water partition coefficient (Wildman–Crippen LogP) is 2.43. The molecule has 35 heavy (non-hydrogen) atoms. The number of carbonyl (C=O) groups is 1. The molecule has 0 saturated heterocycles. The summed E-state index contributed by atoms with van der Waals surface area (Å²) in [5, 5.41) is 12.3. The van der Waals surface area contributed by atoms with E-state index in [1.807, 2.05) is 38.4 Å². The molecule has 11 heteroatoms. The van der Waals surface area contributed by atoms with E-state index >= 15 is 0 Å². The molecule has 4 heterocycles. The van der Waals surface area contributed by atoms with E-state index in [1.165, 1.54) is 0 Å². The van der Waals surface area contributed by atoms with Crippen LogP contribution in [0.2, 0.25) is 0 Å². The average molecular weight is 470 g/mol. The quantitative estimate of drug-likeness (QED) is 0.327. The Morgan fingerprint density at radius 1 is 1.17 bits per heavy atom. The maximum Gasteiger partial charge on any atom is 0.316 e. The molecule has 5 aromatic rings.